The van der Waals surface area contributed by atoms with Crippen molar-refractivity contribution < 1.29 is 4.79 Å². The summed E-state index contributed by atoms with van der Waals surface area (Å²) >= 11 is 1.67. The maximum absolute atomic E-state index is 11.7. The van der Waals surface area contributed by atoms with Gasteiger partial charge in [0.1, 0.15) is 0 Å². The van der Waals surface area contributed by atoms with Crippen LogP contribution >= 0.6 is 11.3 Å². The lowest BCUT2D eigenvalue weighted by Crippen LogP contribution is -2.24. The minimum absolute atomic E-state index is 0.00394. The molecule has 1 aromatic rings. The number of aryl methyl sites for hydroxylation is 2. The summed E-state index contributed by atoms with van der Waals surface area (Å²) in [7, 11) is 0. The highest BCUT2D eigenvalue weighted by Crippen LogP contribution is 2.26. The van der Waals surface area contributed by atoms with Crippen LogP contribution in [0.1, 0.15) is 25.7 Å². The standard InChI is InChI=1S/C11H15NOS/c1-5-6-12-11(13)10-7(2)8(3)14-9(10)4/h5H,1,6H2,2-4H3,(H,12,13). The predicted molar refractivity (Wildman–Crippen MR) is 61.1 cm³/mol. The number of carbonyl (C=O) groups excluding carboxylic acids is 1. The van der Waals surface area contributed by atoms with E-state index in [2.05, 4.69) is 11.9 Å². The van der Waals surface area contributed by atoms with Gasteiger partial charge in [-0.05, 0) is 26.3 Å². The van der Waals surface area contributed by atoms with Crippen LogP contribution in [0, 0.1) is 20.8 Å². The average molecular weight is 209 g/mol. The monoisotopic (exact) mass is 209 g/mol. The molecule has 3 heteroatoms. The van der Waals surface area contributed by atoms with Crippen LogP contribution < -0.4 is 5.32 Å². The van der Waals surface area contributed by atoms with Crippen molar-refractivity contribution in [1.82, 2.24) is 5.32 Å². The van der Waals surface area contributed by atoms with Gasteiger partial charge in [0.2, 0.25) is 0 Å². The van der Waals surface area contributed by atoms with Crippen LogP contribution in [0.4, 0.5) is 0 Å². The summed E-state index contributed by atoms with van der Waals surface area (Å²) in [5.74, 6) is 0.00394. The van der Waals surface area contributed by atoms with E-state index >= 15 is 0 Å². The van der Waals surface area contributed by atoms with Crippen molar-refractivity contribution in [3.63, 3.8) is 0 Å². The van der Waals surface area contributed by atoms with Gasteiger partial charge in [-0.25, -0.2) is 0 Å². The predicted octanol–water partition coefficient (Wildman–Crippen LogP) is 2.59. The van der Waals surface area contributed by atoms with Crippen LogP contribution in [0.25, 0.3) is 0 Å². The highest BCUT2D eigenvalue weighted by molar-refractivity contribution is 7.12. The van der Waals surface area contributed by atoms with E-state index in [1.54, 1.807) is 17.4 Å². The van der Waals surface area contributed by atoms with Crippen molar-refractivity contribution in [3.8, 4) is 0 Å². The Morgan fingerprint density at radius 1 is 1.43 bits per heavy atom. The molecule has 76 valence electrons. The molecule has 2 nitrogen and oxygen atoms in total. The third-order valence-electron chi connectivity index (χ3n) is 2.20. The fourth-order valence-electron chi connectivity index (χ4n) is 1.38. The second kappa shape index (κ2) is 4.42. The Morgan fingerprint density at radius 3 is 2.50 bits per heavy atom. The number of nitrogens with one attached hydrogen (secondary N) is 1. The van der Waals surface area contributed by atoms with Crippen molar-refractivity contribution in [1.29, 1.82) is 0 Å². The van der Waals surface area contributed by atoms with Crippen molar-refractivity contribution in [3.05, 3.63) is 33.5 Å². The van der Waals surface area contributed by atoms with Gasteiger partial charge in [0, 0.05) is 16.3 Å². The summed E-state index contributed by atoms with van der Waals surface area (Å²) in [6.07, 6.45) is 1.68. The molecule has 1 heterocycles. The second-order valence-electron chi connectivity index (χ2n) is 3.21. The van der Waals surface area contributed by atoms with Gasteiger partial charge in [-0.1, -0.05) is 6.08 Å². The second-order valence-corrected chi connectivity index (χ2v) is 4.64. The molecule has 0 spiro atoms. The van der Waals surface area contributed by atoms with E-state index < -0.39 is 0 Å². The first kappa shape index (κ1) is 11.0. The Balaban J connectivity index is 2.94. The van der Waals surface area contributed by atoms with Crippen molar-refractivity contribution in [2.45, 2.75) is 20.8 Å². The summed E-state index contributed by atoms with van der Waals surface area (Å²) in [6, 6.07) is 0. The molecule has 0 aliphatic rings. The number of hydrogen-bond acceptors (Lipinski definition) is 2. The normalized spacial score (nSPS) is 9.93. The van der Waals surface area contributed by atoms with E-state index in [9.17, 15) is 4.79 Å². The minimum atomic E-state index is 0.00394. The van der Waals surface area contributed by atoms with Crippen molar-refractivity contribution in [2.75, 3.05) is 6.54 Å². The van der Waals surface area contributed by atoms with Gasteiger partial charge in [0.15, 0.2) is 0 Å². The number of amides is 1. The van der Waals surface area contributed by atoms with Crippen LogP contribution in [0.2, 0.25) is 0 Å². The van der Waals surface area contributed by atoms with Gasteiger partial charge in [0.05, 0.1) is 5.56 Å². The van der Waals surface area contributed by atoms with E-state index in [1.807, 2.05) is 20.8 Å². The highest BCUT2D eigenvalue weighted by atomic mass is 32.1. The smallest absolute Gasteiger partial charge is 0.252 e. The topological polar surface area (TPSA) is 29.1 Å². The molecule has 1 aromatic heterocycles. The van der Waals surface area contributed by atoms with Crippen molar-refractivity contribution in [2.24, 2.45) is 0 Å². The Kier molecular flexibility index (Phi) is 3.47. The molecule has 1 N–H and O–H groups in total. The molecule has 0 saturated heterocycles. The van der Waals surface area contributed by atoms with Gasteiger partial charge in [-0.2, -0.15) is 0 Å². The van der Waals surface area contributed by atoms with Gasteiger partial charge in [-0.15, -0.1) is 17.9 Å². The quantitative estimate of drug-likeness (QED) is 0.762. The van der Waals surface area contributed by atoms with Crippen LogP contribution in [0.5, 0.6) is 0 Å². The van der Waals surface area contributed by atoms with Crippen LogP contribution in [0.3, 0.4) is 0 Å². The zero-order valence-corrected chi connectivity index (χ0v) is 9.62. The third-order valence-corrected chi connectivity index (χ3v) is 3.32. The SMILES string of the molecule is C=CCNC(=O)c1c(C)sc(C)c1C. The first-order valence-corrected chi connectivity index (χ1v) is 5.35. The summed E-state index contributed by atoms with van der Waals surface area (Å²) in [6.45, 7) is 10.1. The molecule has 0 aliphatic carbocycles. The lowest BCUT2D eigenvalue weighted by Gasteiger charge is -2.02. The molecular weight excluding hydrogens is 194 g/mol. The van der Waals surface area contributed by atoms with Gasteiger partial charge >= 0.3 is 0 Å². The van der Waals surface area contributed by atoms with E-state index in [1.165, 1.54) is 4.88 Å². The van der Waals surface area contributed by atoms with E-state index in [0.29, 0.717) is 6.54 Å². The van der Waals surface area contributed by atoms with Crippen LogP contribution in [-0.2, 0) is 0 Å². The van der Waals surface area contributed by atoms with E-state index in [-0.39, 0.29) is 5.91 Å². The van der Waals surface area contributed by atoms with Crippen molar-refractivity contribution >= 4 is 17.2 Å². The lowest BCUT2D eigenvalue weighted by molar-refractivity contribution is 0.0957. The van der Waals surface area contributed by atoms with Gasteiger partial charge in [0.25, 0.3) is 5.91 Å². The fourth-order valence-corrected chi connectivity index (χ4v) is 2.44. The van der Waals surface area contributed by atoms with Crippen LogP contribution in [0.15, 0.2) is 12.7 Å². The maximum Gasteiger partial charge on any atom is 0.252 e. The molecule has 0 fully saturated rings. The zero-order chi connectivity index (χ0) is 10.7. The summed E-state index contributed by atoms with van der Waals surface area (Å²) in [4.78, 5) is 14.0. The average Bonchev–Trinajstić information content (AvgIpc) is 2.38. The first-order chi connectivity index (χ1) is 6.57. The number of carbonyl (C=O) groups is 1. The molecule has 1 amide bonds. The van der Waals surface area contributed by atoms with Crippen LogP contribution in [-0.4, -0.2) is 12.5 Å². The summed E-state index contributed by atoms with van der Waals surface area (Å²) in [5, 5.41) is 2.79. The molecule has 1 rings (SSSR count). The molecule has 0 saturated carbocycles. The Hall–Kier alpha value is -1.09. The minimum Gasteiger partial charge on any atom is -0.349 e. The summed E-state index contributed by atoms with van der Waals surface area (Å²) < 4.78 is 0. The Morgan fingerprint density at radius 2 is 2.07 bits per heavy atom. The summed E-state index contributed by atoms with van der Waals surface area (Å²) in [5.41, 5.74) is 1.92. The zero-order valence-electron chi connectivity index (χ0n) is 8.81. The van der Waals surface area contributed by atoms with E-state index in [4.69, 9.17) is 0 Å². The number of hydrogen-bond donors (Lipinski definition) is 1. The molecule has 0 unspecified atom stereocenters. The fraction of sp³-hybridized carbons (Fsp3) is 0.364. The Bertz CT molecular complexity index is 366. The van der Waals surface area contributed by atoms with E-state index in [0.717, 1.165) is 16.0 Å². The molecule has 0 atom stereocenters. The maximum atomic E-state index is 11.7. The number of rotatable bonds is 3. The molecule has 0 bridgehead atoms. The molecule has 0 aromatic carbocycles. The van der Waals surface area contributed by atoms with Gasteiger partial charge < -0.3 is 5.32 Å². The molecule has 14 heavy (non-hydrogen) atoms. The molecule has 0 radical (unpaired) electrons. The molecule has 0 aliphatic heterocycles. The third kappa shape index (κ3) is 2.04. The lowest BCUT2D eigenvalue weighted by atomic mass is 10.1. The van der Waals surface area contributed by atoms with Gasteiger partial charge in [-0.3, -0.25) is 4.79 Å². The Labute approximate surface area is 88.6 Å². The number of thiophene rings is 1. The highest BCUT2D eigenvalue weighted by Gasteiger charge is 2.15. The first-order valence-electron chi connectivity index (χ1n) is 4.53. The molecular formula is C11H15NOS. The largest absolute Gasteiger partial charge is 0.349 e.